The van der Waals surface area contributed by atoms with Crippen molar-refractivity contribution >= 4 is 17.7 Å². The molecule has 6 heteroatoms. The predicted octanol–water partition coefficient (Wildman–Crippen LogP) is 1.80. The van der Waals surface area contributed by atoms with E-state index in [0.29, 0.717) is 0 Å². The van der Waals surface area contributed by atoms with E-state index in [1.54, 1.807) is 0 Å². The van der Waals surface area contributed by atoms with Crippen molar-refractivity contribution in [2.75, 3.05) is 7.11 Å². The first-order valence-corrected chi connectivity index (χ1v) is 5.96. The van der Waals surface area contributed by atoms with Crippen LogP contribution in [-0.2, 0) is 4.74 Å². The highest BCUT2D eigenvalue weighted by Crippen LogP contribution is 2.14. The van der Waals surface area contributed by atoms with E-state index in [1.807, 2.05) is 0 Å². The van der Waals surface area contributed by atoms with Gasteiger partial charge in [0.15, 0.2) is 11.5 Å². The minimum atomic E-state index is -1.08. The van der Waals surface area contributed by atoms with Crippen LogP contribution in [0.4, 0.5) is 0 Å². The second-order valence-corrected chi connectivity index (χ2v) is 4.10. The fourth-order valence-corrected chi connectivity index (χ4v) is 1.77. The SMILES string of the molecule is COC(=O)c1ncccc1C(=O)c1ccc(C(=O)O)cc1. The number of nitrogens with zero attached hydrogens (tertiary/aromatic N) is 1. The number of aromatic nitrogens is 1. The number of esters is 1. The van der Waals surface area contributed by atoms with Crippen LogP contribution in [0.15, 0.2) is 42.6 Å². The van der Waals surface area contributed by atoms with Gasteiger partial charge in [-0.25, -0.2) is 14.6 Å². The van der Waals surface area contributed by atoms with Crippen LogP contribution < -0.4 is 0 Å². The van der Waals surface area contributed by atoms with E-state index >= 15 is 0 Å². The fraction of sp³-hybridized carbons (Fsp3) is 0.0667. The Hall–Kier alpha value is -3.02. The first-order valence-electron chi connectivity index (χ1n) is 5.96. The predicted molar refractivity (Wildman–Crippen MR) is 72.4 cm³/mol. The zero-order valence-electron chi connectivity index (χ0n) is 11.1. The number of methoxy groups -OCH3 is 1. The van der Waals surface area contributed by atoms with Crippen molar-refractivity contribution in [3.8, 4) is 0 Å². The van der Waals surface area contributed by atoms with E-state index in [2.05, 4.69) is 9.72 Å². The minimum absolute atomic E-state index is 0.0749. The molecule has 0 amide bonds. The number of carboxylic acid groups (broad SMARTS) is 1. The molecule has 1 heterocycles. The lowest BCUT2D eigenvalue weighted by atomic mass is 10.0. The number of pyridine rings is 1. The second kappa shape index (κ2) is 5.96. The van der Waals surface area contributed by atoms with Gasteiger partial charge in [0.25, 0.3) is 0 Å². The Morgan fingerprint density at radius 2 is 1.67 bits per heavy atom. The zero-order chi connectivity index (χ0) is 15.4. The highest BCUT2D eigenvalue weighted by molar-refractivity contribution is 6.13. The molecule has 6 nitrogen and oxygen atoms in total. The third-order valence-corrected chi connectivity index (χ3v) is 2.83. The lowest BCUT2D eigenvalue weighted by molar-refractivity contribution is 0.0590. The van der Waals surface area contributed by atoms with Crippen molar-refractivity contribution in [2.24, 2.45) is 0 Å². The van der Waals surface area contributed by atoms with Crippen LogP contribution in [0.5, 0.6) is 0 Å². The molecule has 0 bridgehead atoms. The molecule has 1 aromatic heterocycles. The number of benzene rings is 1. The Kier molecular flexibility index (Phi) is 4.08. The molecule has 0 radical (unpaired) electrons. The van der Waals surface area contributed by atoms with Crippen molar-refractivity contribution in [3.63, 3.8) is 0 Å². The van der Waals surface area contributed by atoms with Gasteiger partial charge in [-0.2, -0.15) is 0 Å². The molecule has 0 spiro atoms. The summed E-state index contributed by atoms with van der Waals surface area (Å²) >= 11 is 0. The van der Waals surface area contributed by atoms with Gasteiger partial charge in [-0.05, 0) is 24.3 Å². The molecule has 0 aliphatic carbocycles. The summed E-state index contributed by atoms with van der Waals surface area (Å²) in [5, 5.41) is 8.82. The van der Waals surface area contributed by atoms with Gasteiger partial charge in [-0.3, -0.25) is 4.79 Å². The molecule has 1 N–H and O–H groups in total. The van der Waals surface area contributed by atoms with Crippen LogP contribution >= 0.6 is 0 Å². The Balaban J connectivity index is 2.40. The van der Waals surface area contributed by atoms with Crippen LogP contribution in [0, 0.1) is 0 Å². The molecule has 0 atom stereocenters. The molecule has 106 valence electrons. The molecular weight excluding hydrogens is 274 g/mol. The van der Waals surface area contributed by atoms with E-state index in [4.69, 9.17) is 5.11 Å². The van der Waals surface area contributed by atoms with Crippen LogP contribution in [0.1, 0.15) is 36.8 Å². The number of rotatable bonds is 4. The number of hydrogen-bond donors (Lipinski definition) is 1. The minimum Gasteiger partial charge on any atom is -0.478 e. The smallest absolute Gasteiger partial charge is 0.357 e. The van der Waals surface area contributed by atoms with Crippen LogP contribution in [0.25, 0.3) is 0 Å². The number of carbonyl (C=O) groups excluding carboxylic acids is 2. The first-order chi connectivity index (χ1) is 10.0. The normalized spacial score (nSPS) is 9.95. The summed E-state index contributed by atoms with van der Waals surface area (Å²) in [5.41, 5.74) is 0.365. The van der Waals surface area contributed by atoms with Crippen LogP contribution in [0.2, 0.25) is 0 Å². The van der Waals surface area contributed by atoms with Crippen molar-refractivity contribution in [2.45, 2.75) is 0 Å². The molecule has 1 aromatic carbocycles. The van der Waals surface area contributed by atoms with Crippen LogP contribution in [0.3, 0.4) is 0 Å². The zero-order valence-corrected chi connectivity index (χ0v) is 11.1. The van der Waals surface area contributed by atoms with E-state index in [0.717, 1.165) is 0 Å². The average Bonchev–Trinajstić information content (AvgIpc) is 2.53. The van der Waals surface area contributed by atoms with Gasteiger partial charge < -0.3 is 9.84 Å². The molecule has 0 unspecified atom stereocenters. The van der Waals surface area contributed by atoms with Gasteiger partial charge in [0.05, 0.1) is 18.2 Å². The fourth-order valence-electron chi connectivity index (χ4n) is 1.77. The van der Waals surface area contributed by atoms with Gasteiger partial charge in [0.1, 0.15) is 0 Å². The van der Waals surface area contributed by atoms with E-state index in [-0.39, 0.29) is 22.4 Å². The summed E-state index contributed by atoms with van der Waals surface area (Å²) in [4.78, 5) is 38.6. The lowest BCUT2D eigenvalue weighted by Crippen LogP contribution is -2.13. The summed E-state index contributed by atoms with van der Waals surface area (Å²) in [7, 11) is 1.20. The second-order valence-electron chi connectivity index (χ2n) is 4.10. The summed E-state index contributed by atoms with van der Waals surface area (Å²) in [6, 6.07) is 8.42. The topological polar surface area (TPSA) is 93.6 Å². The summed E-state index contributed by atoms with van der Waals surface area (Å²) in [5.74, 6) is -2.22. The largest absolute Gasteiger partial charge is 0.478 e. The molecule has 21 heavy (non-hydrogen) atoms. The molecule has 0 saturated carbocycles. The van der Waals surface area contributed by atoms with Crippen molar-refractivity contribution in [1.29, 1.82) is 0 Å². The van der Waals surface area contributed by atoms with E-state index in [1.165, 1.54) is 49.7 Å². The average molecular weight is 285 g/mol. The van der Waals surface area contributed by atoms with Gasteiger partial charge in [0.2, 0.25) is 0 Å². The molecule has 0 aliphatic rings. The molecular formula is C15H11NO5. The third kappa shape index (κ3) is 2.94. The molecule has 2 rings (SSSR count). The molecule has 0 fully saturated rings. The molecule has 2 aromatic rings. The monoisotopic (exact) mass is 285 g/mol. The van der Waals surface area contributed by atoms with Gasteiger partial charge >= 0.3 is 11.9 Å². The Labute approximate surface area is 120 Å². The number of hydrogen-bond acceptors (Lipinski definition) is 5. The Morgan fingerprint density at radius 1 is 1.05 bits per heavy atom. The highest BCUT2D eigenvalue weighted by Gasteiger charge is 2.20. The maximum Gasteiger partial charge on any atom is 0.357 e. The van der Waals surface area contributed by atoms with Crippen LogP contribution in [-0.4, -0.2) is 34.9 Å². The molecule has 0 aliphatic heterocycles. The van der Waals surface area contributed by atoms with Gasteiger partial charge in [-0.1, -0.05) is 12.1 Å². The van der Waals surface area contributed by atoms with Crippen molar-refractivity contribution in [3.05, 3.63) is 65.0 Å². The maximum atomic E-state index is 12.4. The van der Waals surface area contributed by atoms with Gasteiger partial charge in [-0.15, -0.1) is 0 Å². The summed E-state index contributed by atoms with van der Waals surface area (Å²) < 4.78 is 4.58. The van der Waals surface area contributed by atoms with E-state index in [9.17, 15) is 14.4 Å². The Bertz CT molecular complexity index is 706. The van der Waals surface area contributed by atoms with Crippen molar-refractivity contribution < 1.29 is 24.2 Å². The molecule has 0 saturated heterocycles. The first kappa shape index (κ1) is 14.4. The summed E-state index contributed by atoms with van der Waals surface area (Å²) in [6.07, 6.45) is 1.39. The standard InChI is InChI=1S/C15H11NO5/c1-21-15(20)12-11(3-2-8-16-12)13(17)9-4-6-10(7-5-9)14(18)19/h2-8H,1H3,(H,18,19). The highest BCUT2D eigenvalue weighted by atomic mass is 16.5. The maximum absolute atomic E-state index is 12.4. The Morgan fingerprint density at radius 3 is 2.24 bits per heavy atom. The number of aromatic carboxylic acids is 1. The van der Waals surface area contributed by atoms with E-state index < -0.39 is 17.7 Å². The summed E-state index contributed by atoms with van der Waals surface area (Å²) in [6.45, 7) is 0. The van der Waals surface area contributed by atoms with Gasteiger partial charge in [0, 0.05) is 11.8 Å². The quantitative estimate of drug-likeness (QED) is 0.680. The lowest BCUT2D eigenvalue weighted by Gasteiger charge is -2.06. The third-order valence-electron chi connectivity index (χ3n) is 2.83. The number of carboxylic acids is 1. The number of carbonyl (C=O) groups is 3. The number of ketones is 1. The number of ether oxygens (including phenoxy) is 1. The van der Waals surface area contributed by atoms with Crippen molar-refractivity contribution in [1.82, 2.24) is 4.98 Å².